The number of halogens is 1. The molecule has 0 aliphatic carbocycles. The summed E-state index contributed by atoms with van der Waals surface area (Å²) in [4.78, 5) is 19.6. The molecule has 172 valence electrons. The largest absolute Gasteiger partial charge is 0.489 e. The van der Waals surface area contributed by atoms with E-state index in [1.165, 1.54) is 12.1 Å². The minimum atomic E-state index is -0.315. The van der Waals surface area contributed by atoms with Crippen molar-refractivity contribution in [1.82, 2.24) is 15.0 Å². The number of carbonyl (C=O) groups excluding carboxylic acids is 1. The first kappa shape index (κ1) is 21.8. The maximum atomic E-state index is 13.2. The van der Waals surface area contributed by atoms with Crippen molar-refractivity contribution in [3.05, 3.63) is 102 Å². The molecule has 0 radical (unpaired) electrons. The van der Waals surface area contributed by atoms with Crippen LogP contribution in [0, 0.1) is 5.82 Å². The third-order valence-electron chi connectivity index (χ3n) is 5.92. The molecule has 3 aromatic carbocycles. The SMILES string of the molecule is O=C(c1cccc(COc2ccccc2)c1)N1CCC[C@H](c2nc(-c3ccc(F)cc3)no2)C1. The number of likely N-dealkylation sites (tertiary alicyclic amines) is 1. The van der Waals surface area contributed by atoms with Crippen molar-refractivity contribution in [2.45, 2.75) is 25.4 Å². The van der Waals surface area contributed by atoms with Crippen LogP contribution in [0.2, 0.25) is 0 Å². The van der Waals surface area contributed by atoms with Crippen molar-refractivity contribution in [3.8, 4) is 17.1 Å². The average molecular weight is 458 g/mol. The Balaban J connectivity index is 1.25. The van der Waals surface area contributed by atoms with Gasteiger partial charge in [-0.25, -0.2) is 4.39 Å². The van der Waals surface area contributed by atoms with Gasteiger partial charge in [-0.15, -0.1) is 0 Å². The van der Waals surface area contributed by atoms with Gasteiger partial charge in [0, 0.05) is 24.2 Å². The second kappa shape index (κ2) is 9.87. The number of hydrogen-bond acceptors (Lipinski definition) is 5. The van der Waals surface area contributed by atoms with Gasteiger partial charge in [0.15, 0.2) is 0 Å². The standard InChI is InChI=1S/C27H24FN3O3/c28-23-13-11-20(12-14-23)25-29-26(34-30-25)22-8-5-15-31(17-22)27(32)21-7-4-6-19(16-21)18-33-24-9-2-1-3-10-24/h1-4,6-7,9-14,16,22H,5,8,15,17-18H2/t22-/m0/s1. The van der Waals surface area contributed by atoms with Gasteiger partial charge in [0.2, 0.25) is 11.7 Å². The molecule has 6 nitrogen and oxygen atoms in total. The van der Waals surface area contributed by atoms with E-state index in [0.29, 0.717) is 42.5 Å². The maximum Gasteiger partial charge on any atom is 0.253 e. The fourth-order valence-corrected chi connectivity index (χ4v) is 4.14. The van der Waals surface area contributed by atoms with Gasteiger partial charge in [0.05, 0.1) is 5.92 Å². The summed E-state index contributed by atoms with van der Waals surface area (Å²) in [5.41, 5.74) is 2.26. The molecule has 0 bridgehead atoms. The van der Waals surface area contributed by atoms with E-state index in [0.717, 1.165) is 24.2 Å². The van der Waals surface area contributed by atoms with Crippen LogP contribution in [0.4, 0.5) is 4.39 Å². The third kappa shape index (κ3) is 4.98. The molecule has 7 heteroatoms. The molecule has 2 heterocycles. The number of ether oxygens (including phenoxy) is 1. The van der Waals surface area contributed by atoms with Crippen LogP contribution in [0.1, 0.15) is 40.6 Å². The highest BCUT2D eigenvalue weighted by atomic mass is 19.1. The molecule has 0 spiro atoms. The number of carbonyl (C=O) groups is 1. The Bertz CT molecular complexity index is 1260. The first-order valence-corrected chi connectivity index (χ1v) is 11.3. The van der Waals surface area contributed by atoms with E-state index >= 15 is 0 Å². The predicted octanol–water partition coefficient (Wildman–Crippen LogP) is 5.47. The lowest BCUT2D eigenvalue weighted by molar-refractivity contribution is 0.0695. The zero-order valence-electron chi connectivity index (χ0n) is 18.6. The van der Waals surface area contributed by atoms with E-state index in [-0.39, 0.29) is 17.6 Å². The molecule has 1 aromatic heterocycles. The molecular weight excluding hydrogens is 433 g/mol. The molecule has 0 saturated carbocycles. The summed E-state index contributed by atoms with van der Waals surface area (Å²) in [7, 11) is 0. The fraction of sp³-hybridized carbons (Fsp3) is 0.222. The normalized spacial score (nSPS) is 15.8. The van der Waals surface area contributed by atoms with Crippen LogP contribution in [-0.2, 0) is 6.61 Å². The predicted molar refractivity (Wildman–Crippen MR) is 125 cm³/mol. The number of piperidine rings is 1. The molecule has 4 aromatic rings. The lowest BCUT2D eigenvalue weighted by Crippen LogP contribution is -2.39. The molecule has 34 heavy (non-hydrogen) atoms. The molecule has 1 aliphatic rings. The Morgan fingerprint density at radius 2 is 1.88 bits per heavy atom. The van der Waals surface area contributed by atoms with E-state index in [2.05, 4.69) is 10.1 Å². The van der Waals surface area contributed by atoms with Gasteiger partial charge in [-0.2, -0.15) is 4.98 Å². The highest BCUT2D eigenvalue weighted by Gasteiger charge is 2.29. The number of para-hydroxylation sites is 1. The third-order valence-corrected chi connectivity index (χ3v) is 5.92. The summed E-state index contributed by atoms with van der Waals surface area (Å²) in [5, 5.41) is 4.05. The van der Waals surface area contributed by atoms with E-state index in [1.54, 1.807) is 12.1 Å². The first-order chi connectivity index (χ1) is 16.7. The Kier molecular flexibility index (Phi) is 6.33. The molecule has 1 aliphatic heterocycles. The monoisotopic (exact) mass is 457 g/mol. The number of benzene rings is 3. The summed E-state index contributed by atoms with van der Waals surface area (Å²) in [6.07, 6.45) is 1.71. The van der Waals surface area contributed by atoms with Crippen LogP contribution < -0.4 is 4.74 Å². The summed E-state index contributed by atoms with van der Waals surface area (Å²) in [6, 6.07) is 23.1. The van der Waals surface area contributed by atoms with E-state index in [4.69, 9.17) is 9.26 Å². The zero-order valence-corrected chi connectivity index (χ0v) is 18.6. The van der Waals surface area contributed by atoms with E-state index in [1.807, 2.05) is 59.5 Å². The number of aromatic nitrogens is 2. The Morgan fingerprint density at radius 1 is 1.06 bits per heavy atom. The first-order valence-electron chi connectivity index (χ1n) is 11.3. The van der Waals surface area contributed by atoms with Gasteiger partial charge in [-0.05, 0) is 66.9 Å². The minimum Gasteiger partial charge on any atom is -0.489 e. The van der Waals surface area contributed by atoms with Crippen molar-refractivity contribution >= 4 is 5.91 Å². The molecule has 0 unspecified atom stereocenters. The van der Waals surface area contributed by atoms with Crippen LogP contribution in [0.25, 0.3) is 11.4 Å². The Hall–Kier alpha value is -4.00. The molecule has 1 fully saturated rings. The van der Waals surface area contributed by atoms with Gasteiger partial charge in [0.1, 0.15) is 18.2 Å². The molecule has 0 N–H and O–H groups in total. The van der Waals surface area contributed by atoms with Crippen LogP contribution >= 0.6 is 0 Å². The topological polar surface area (TPSA) is 68.5 Å². The van der Waals surface area contributed by atoms with Gasteiger partial charge >= 0.3 is 0 Å². The molecule has 5 rings (SSSR count). The van der Waals surface area contributed by atoms with Crippen LogP contribution in [0.5, 0.6) is 5.75 Å². The van der Waals surface area contributed by atoms with Crippen LogP contribution in [0.15, 0.2) is 83.4 Å². The highest BCUT2D eigenvalue weighted by Crippen LogP contribution is 2.28. The average Bonchev–Trinajstić information content (AvgIpc) is 3.39. The van der Waals surface area contributed by atoms with Gasteiger partial charge in [-0.3, -0.25) is 4.79 Å². The van der Waals surface area contributed by atoms with Gasteiger partial charge in [0.25, 0.3) is 5.91 Å². The van der Waals surface area contributed by atoms with Crippen molar-refractivity contribution < 1.29 is 18.4 Å². The summed E-state index contributed by atoms with van der Waals surface area (Å²) < 4.78 is 24.5. The van der Waals surface area contributed by atoms with E-state index < -0.39 is 0 Å². The number of rotatable bonds is 6. The second-order valence-electron chi connectivity index (χ2n) is 8.36. The zero-order chi connectivity index (χ0) is 23.3. The summed E-state index contributed by atoms with van der Waals surface area (Å²) in [5.74, 6) is 1.34. The van der Waals surface area contributed by atoms with Crippen LogP contribution in [0.3, 0.4) is 0 Å². The highest BCUT2D eigenvalue weighted by molar-refractivity contribution is 5.94. The summed E-state index contributed by atoms with van der Waals surface area (Å²) in [6.45, 7) is 1.58. The van der Waals surface area contributed by atoms with Crippen LogP contribution in [-0.4, -0.2) is 34.0 Å². The smallest absolute Gasteiger partial charge is 0.253 e. The Morgan fingerprint density at radius 3 is 2.71 bits per heavy atom. The van der Waals surface area contributed by atoms with Crippen molar-refractivity contribution in [1.29, 1.82) is 0 Å². The van der Waals surface area contributed by atoms with Crippen molar-refractivity contribution in [2.75, 3.05) is 13.1 Å². The Labute approximate surface area is 197 Å². The lowest BCUT2D eigenvalue weighted by atomic mass is 9.97. The minimum absolute atomic E-state index is 0.0236. The maximum absolute atomic E-state index is 13.2. The fourth-order valence-electron chi connectivity index (χ4n) is 4.14. The van der Waals surface area contributed by atoms with Crippen molar-refractivity contribution in [2.24, 2.45) is 0 Å². The van der Waals surface area contributed by atoms with E-state index in [9.17, 15) is 9.18 Å². The van der Waals surface area contributed by atoms with Gasteiger partial charge < -0.3 is 14.2 Å². The molecule has 1 amide bonds. The number of nitrogens with zero attached hydrogens (tertiary/aromatic N) is 3. The molecule has 1 atom stereocenters. The van der Waals surface area contributed by atoms with Crippen molar-refractivity contribution in [3.63, 3.8) is 0 Å². The lowest BCUT2D eigenvalue weighted by Gasteiger charge is -2.31. The number of amides is 1. The number of hydrogen-bond donors (Lipinski definition) is 0. The second-order valence-corrected chi connectivity index (χ2v) is 8.36. The quantitative estimate of drug-likeness (QED) is 0.384. The molecule has 1 saturated heterocycles. The molecular formula is C27H24FN3O3. The van der Waals surface area contributed by atoms with Gasteiger partial charge in [-0.1, -0.05) is 35.5 Å². The summed E-state index contributed by atoms with van der Waals surface area (Å²) >= 11 is 0.